The summed E-state index contributed by atoms with van der Waals surface area (Å²) in [5.74, 6) is 0.732. The molecule has 0 aromatic carbocycles. The number of hydrogen-bond acceptors (Lipinski definition) is 4. The van der Waals surface area contributed by atoms with Gasteiger partial charge in [-0.05, 0) is 45.7 Å². The highest BCUT2D eigenvalue weighted by atomic mass is 16.7. The Hall–Kier alpha value is -0.160. The molecule has 4 heteroatoms. The van der Waals surface area contributed by atoms with Gasteiger partial charge in [-0.25, -0.2) is 0 Å². The van der Waals surface area contributed by atoms with E-state index in [1.165, 1.54) is 25.9 Å². The normalized spacial score (nSPS) is 25.3. The van der Waals surface area contributed by atoms with Crippen molar-refractivity contribution in [2.75, 3.05) is 33.9 Å². The first-order valence-electron chi connectivity index (χ1n) is 7.16. The first kappa shape index (κ1) is 15.9. The fourth-order valence-corrected chi connectivity index (χ4v) is 2.92. The molecule has 0 aromatic rings. The number of nitrogens with one attached hydrogen (secondary N) is 1. The molecule has 1 fully saturated rings. The molecular formula is C14H30N2O2. The van der Waals surface area contributed by atoms with Crippen LogP contribution >= 0.6 is 0 Å². The Morgan fingerprint density at radius 2 is 1.94 bits per heavy atom. The van der Waals surface area contributed by atoms with Crippen LogP contribution in [0.3, 0.4) is 0 Å². The minimum absolute atomic E-state index is 0.168. The van der Waals surface area contributed by atoms with E-state index in [1.54, 1.807) is 14.2 Å². The van der Waals surface area contributed by atoms with Gasteiger partial charge in [-0.3, -0.25) is 0 Å². The summed E-state index contributed by atoms with van der Waals surface area (Å²) >= 11 is 0. The molecule has 108 valence electrons. The van der Waals surface area contributed by atoms with Crippen LogP contribution in [0, 0.1) is 5.92 Å². The molecule has 1 N–H and O–H groups in total. The van der Waals surface area contributed by atoms with Crippen molar-refractivity contribution in [3.05, 3.63) is 0 Å². The third kappa shape index (κ3) is 4.50. The first-order valence-corrected chi connectivity index (χ1v) is 7.16. The van der Waals surface area contributed by atoms with E-state index in [4.69, 9.17) is 9.47 Å². The molecule has 18 heavy (non-hydrogen) atoms. The second-order valence-electron chi connectivity index (χ2n) is 5.38. The summed E-state index contributed by atoms with van der Waals surface area (Å²) in [6, 6.07) is 0.717. The summed E-state index contributed by atoms with van der Waals surface area (Å²) in [5, 5.41) is 3.62. The number of ether oxygens (including phenoxy) is 2. The van der Waals surface area contributed by atoms with Gasteiger partial charge >= 0.3 is 0 Å². The Morgan fingerprint density at radius 1 is 1.28 bits per heavy atom. The molecule has 0 aromatic heterocycles. The molecule has 1 rings (SSSR count). The van der Waals surface area contributed by atoms with E-state index in [2.05, 4.69) is 31.0 Å². The molecule has 1 aliphatic rings. The van der Waals surface area contributed by atoms with Crippen LogP contribution in [0.2, 0.25) is 0 Å². The quantitative estimate of drug-likeness (QED) is 0.705. The zero-order valence-corrected chi connectivity index (χ0v) is 12.6. The highest BCUT2D eigenvalue weighted by molar-refractivity contribution is 4.82. The standard InChI is InChI=1S/C14H30N2O2/c1-6-16-9-7-8-13(10-16)11(2)15-12(3)14(17-4)18-5/h11-15H,6-10H2,1-5H3. The Bertz CT molecular complexity index is 222. The summed E-state index contributed by atoms with van der Waals surface area (Å²) < 4.78 is 10.6. The zero-order chi connectivity index (χ0) is 13.5. The van der Waals surface area contributed by atoms with Crippen molar-refractivity contribution in [3.8, 4) is 0 Å². The lowest BCUT2D eigenvalue weighted by atomic mass is 9.91. The van der Waals surface area contributed by atoms with Crippen LogP contribution in [0.1, 0.15) is 33.6 Å². The van der Waals surface area contributed by atoms with Crippen molar-refractivity contribution in [2.45, 2.75) is 52.0 Å². The highest BCUT2D eigenvalue weighted by Crippen LogP contribution is 2.20. The van der Waals surface area contributed by atoms with Gasteiger partial charge in [0.1, 0.15) is 0 Å². The van der Waals surface area contributed by atoms with Gasteiger partial charge in [0, 0.05) is 26.8 Å². The smallest absolute Gasteiger partial charge is 0.171 e. The third-order valence-electron chi connectivity index (χ3n) is 4.09. The lowest BCUT2D eigenvalue weighted by Gasteiger charge is -2.37. The highest BCUT2D eigenvalue weighted by Gasteiger charge is 2.26. The molecule has 0 spiro atoms. The van der Waals surface area contributed by atoms with Crippen molar-refractivity contribution in [1.82, 2.24) is 10.2 Å². The average molecular weight is 258 g/mol. The van der Waals surface area contributed by atoms with E-state index in [1.807, 2.05) is 0 Å². The number of rotatable bonds is 7. The van der Waals surface area contributed by atoms with Gasteiger partial charge in [0.2, 0.25) is 0 Å². The maximum atomic E-state index is 5.30. The molecule has 1 aliphatic heterocycles. The fraction of sp³-hybridized carbons (Fsp3) is 1.00. The van der Waals surface area contributed by atoms with Crippen molar-refractivity contribution < 1.29 is 9.47 Å². The molecule has 0 aliphatic carbocycles. The number of piperidine rings is 1. The lowest BCUT2D eigenvalue weighted by Crippen LogP contribution is -2.50. The van der Waals surface area contributed by atoms with E-state index < -0.39 is 0 Å². The second-order valence-corrected chi connectivity index (χ2v) is 5.38. The minimum Gasteiger partial charge on any atom is -0.354 e. The van der Waals surface area contributed by atoms with E-state index >= 15 is 0 Å². The van der Waals surface area contributed by atoms with E-state index in [-0.39, 0.29) is 12.3 Å². The molecule has 0 saturated carbocycles. The van der Waals surface area contributed by atoms with Gasteiger partial charge in [0.25, 0.3) is 0 Å². The average Bonchev–Trinajstić information content (AvgIpc) is 2.40. The third-order valence-corrected chi connectivity index (χ3v) is 4.09. The Balaban J connectivity index is 2.41. The van der Waals surface area contributed by atoms with Gasteiger partial charge in [-0.15, -0.1) is 0 Å². The van der Waals surface area contributed by atoms with Crippen LogP contribution in [0.25, 0.3) is 0 Å². The first-order chi connectivity index (χ1) is 8.62. The summed E-state index contributed by atoms with van der Waals surface area (Å²) in [5.41, 5.74) is 0. The monoisotopic (exact) mass is 258 g/mol. The van der Waals surface area contributed by atoms with Crippen LogP contribution in [-0.2, 0) is 9.47 Å². The molecule has 3 unspecified atom stereocenters. The number of nitrogens with zero attached hydrogens (tertiary/aromatic N) is 1. The number of likely N-dealkylation sites (tertiary alicyclic amines) is 1. The zero-order valence-electron chi connectivity index (χ0n) is 12.6. The number of methoxy groups -OCH3 is 2. The van der Waals surface area contributed by atoms with Crippen LogP contribution in [0.4, 0.5) is 0 Å². The van der Waals surface area contributed by atoms with Crippen molar-refractivity contribution >= 4 is 0 Å². The SMILES string of the molecule is CCN1CCCC(C(C)NC(C)C(OC)OC)C1. The second kappa shape index (κ2) is 8.10. The summed E-state index contributed by atoms with van der Waals surface area (Å²) in [6.45, 7) is 10.3. The molecule has 0 radical (unpaired) electrons. The van der Waals surface area contributed by atoms with Crippen molar-refractivity contribution in [3.63, 3.8) is 0 Å². The van der Waals surface area contributed by atoms with Gasteiger partial charge in [-0.1, -0.05) is 6.92 Å². The maximum Gasteiger partial charge on any atom is 0.171 e. The van der Waals surface area contributed by atoms with Gasteiger partial charge in [-0.2, -0.15) is 0 Å². The lowest BCUT2D eigenvalue weighted by molar-refractivity contribution is -0.121. The molecule has 4 nitrogen and oxygen atoms in total. The van der Waals surface area contributed by atoms with Gasteiger partial charge in [0.05, 0.1) is 6.04 Å². The molecule has 1 heterocycles. The Labute approximate surface area is 112 Å². The molecule has 3 atom stereocenters. The van der Waals surface area contributed by atoms with E-state index in [0.29, 0.717) is 6.04 Å². The maximum absolute atomic E-state index is 5.30. The van der Waals surface area contributed by atoms with Gasteiger partial charge in [0.15, 0.2) is 6.29 Å². The molecular weight excluding hydrogens is 228 g/mol. The summed E-state index contributed by atoms with van der Waals surface area (Å²) in [7, 11) is 3.38. The molecule has 1 saturated heterocycles. The van der Waals surface area contributed by atoms with Crippen molar-refractivity contribution in [2.24, 2.45) is 5.92 Å². The van der Waals surface area contributed by atoms with Crippen molar-refractivity contribution in [1.29, 1.82) is 0 Å². The summed E-state index contributed by atoms with van der Waals surface area (Å²) in [4.78, 5) is 2.54. The van der Waals surface area contributed by atoms with E-state index in [9.17, 15) is 0 Å². The van der Waals surface area contributed by atoms with E-state index in [0.717, 1.165) is 12.5 Å². The fourth-order valence-electron chi connectivity index (χ4n) is 2.92. The van der Waals surface area contributed by atoms with Crippen LogP contribution in [0.5, 0.6) is 0 Å². The summed E-state index contributed by atoms with van der Waals surface area (Å²) in [6.07, 6.45) is 2.47. The Morgan fingerprint density at radius 3 is 2.50 bits per heavy atom. The van der Waals surface area contributed by atoms with Crippen LogP contribution < -0.4 is 5.32 Å². The molecule has 0 bridgehead atoms. The topological polar surface area (TPSA) is 33.7 Å². The van der Waals surface area contributed by atoms with Gasteiger partial charge < -0.3 is 19.7 Å². The van der Waals surface area contributed by atoms with Crippen LogP contribution in [0.15, 0.2) is 0 Å². The molecule has 0 amide bonds. The number of hydrogen-bond donors (Lipinski definition) is 1. The predicted octanol–water partition coefficient (Wildman–Crippen LogP) is 1.70. The van der Waals surface area contributed by atoms with Crippen LogP contribution in [-0.4, -0.2) is 57.1 Å². The Kier molecular flexibility index (Phi) is 7.15. The largest absolute Gasteiger partial charge is 0.354 e. The minimum atomic E-state index is -0.168. The predicted molar refractivity (Wildman–Crippen MR) is 74.7 cm³/mol.